The molecule has 1 saturated carbocycles. The minimum Gasteiger partial charge on any atom is -0.312 e. The van der Waals surface area contributed by atoms with Crippen molar-refractivity contribution < 1.29 is 8.42 Å². The predicted molar refractivity (Wildman–Crippen MR) is 68.1 cm³/mol. The van der Waals surface area contributed by atoms with Crippen LogP contribution < -0.4 is 10.5 Å². The molecule has 0 atom stereocenters. The Kier molecular flexibility index (Phi) is 3.81. The molecule has 1 fully saturated rings. The maximum absolute atomic E-state index is 10.7. The van der Waals surface area contributed by atoms with Gasteiger partial charge in [-0.25, -0.2) is 13.6 Å². The van der Waals surface area contributed by atoms with Gasteiger partial charge >= 0.3 is 0 Å². The van der Waals surface area contributed by atoms with Crippen LogP contribution in [0.15, 0.2) is 24.3 Å². The monoisotopic (exact) mass is 254 g/mol. The Labute approximate surface area is 102 Å². The molecule has 1 aliphatic rings. The second-order valence-electron chi connectivity index (χ2n) is 4.56. The molecule has 0 saturated heterocycles. The molecule has 0 bridgehead atoms. The molecule has 1 aromatic rings. The van der Waals surface area contributed by atoms with Crippen molar-refractivity contribution in [3.05, 3.63) is 35.4 Å². The summed E-state index contributed by atoms with van der Waals surface area (Å²) in [5.41, 5.74) is 2.60. The van der Waals surface area contributed by atoms with E-state index in [1.54, 1.807) is 0 Å². The van der Waals surface area contributed by atoms with Gasteiger partial charge in [0.2, 0.25) is 10.0 Å². The van der Waals surface area contributed by atoms with Crippen LogP contribution in [0.25, 0.3) is 0 Å². The van der Waals surface area contributed by atoms with Gasteiger partial charge in [-0.15, -0.1) is 0 Å². The van der Waals surface area contributed by atoms with E-state index in [9.17, 15) is 8.42 Å². The first kappa shape index (κ1) is 12.5. The lowest BCUT2D eigenvalue weighted by Crippen LogP contribution is -2.26. The molecular formula is C12H18N2O2S. The topological polar surface area (TPSA) is 72.2 Å². The van der Waals surface area contributed by atoms with Gasteiger partial charge in [0.15, 0.2) is 0 Å². The lowest BCUT2D eigenvalue weighted by atomic mass is 10.1. The van der Waals surface area contributed by atoms with Crippen LogP contribution in [0, 0.1) is 0 Å². The number of primary sulfonamides is 1. The highest BCUT2D eigenvalue weighted by molar-refractivity contribution is 7.89. The number of sulfonamides is 1. The highest BCUT2D eigenvalue weighted by Gasteiger charge is 2.23. The fraction of sp³-hybridized carbons (Fsp3) is 0.500. The molecule has 1 aliphatic carbocycles. The maximum Gasteiger partial charge on any atom is 0.210 e. The third-order valence-electron chi connectivity index (χ3n) is 2.89. The highest BCUT2D eigenvalue weighted by Crippen LogP contribution is 2.40. The fourth-order valence-corrected chi connectivity index (χ4v) is 2.25. The van der Waals surface area contributed by atoms with Crippen molar-refractivity contribution in [2.75, 3.05) is 12.3 Å². The molecule has 0 heterocycles. The zero-order valence-electron chi connectivity index (χ0n) is 9.72. The van der Waals surface area contributed by atoms with E-state index in [2.05, 4.69) is 29.6 Å². The number of nitrogens with one attached hydrogen (secondary N) is 1. The SMILES string of the molecule is NS(=O)(=O)CCNCc1cccc(C2CC2)c1. The summed E-state index contributed by atoms with van der Waals surface area (Å²) in [4.78, 5) is 0. The molecule has 0 unspecified atom stereocenters. The Morgan fingerprint density at radius 2 is 2.12 bits per heavy atom. The molecule has 0 amide bonds. The lowest BCUT2D eigenvalue weighted by molar-refractivity contribution is 0.592. The van der Waals surface area contributed by atoms with Crippen LogP contribution in [0.3, 0.4) is 0 Å². The van der Waals surface area contributed by atoms with Crippen molar-refractivity contribution in [3.8, 4) is 0 Å². The minimum absolute atomic E-state index is 0.0185. The summed E-state index contributed by atoms with van der Waals surface area (Å²) in [6.07, 6.45) is 2.59. The van der Waals surface area contributed by atoms with Crippen LogP contribution in [0.5, 0.6) is 0 Å². The zero-order valence-corrected chi connectivity index (χ0v) is 10.5. The summed E-state index contributed by atoms with van der Waals surface area (Å²) in [7, 11) is -3.35. The van der Waals surface area contributed by atoms with E-state index in [1.165, 1.54) is 24.0 Å². The van der Waals surface area contributed by atoms with Crippen molar-refractivity contribution in [2.24, 2.45) is 5.14 Å². The molecule has 17 heavy (non-hydrogen) atoms. The molecule has 0 spiro atoms. The van der Waals surface area contributed by atoms with Gasteiger partial charge in [-0.05, 0) is 29.9 Å². The van der Waals surface area contributed by atoms with Gasteiger partial charge in [0.05, 0.1) is 5.75 Å². The standard InChI is InChI=1S/C12H18N2O2S/c13-17(15,16)7-6-14-9-10-2-1-3-12(8-10)11-4-5-11/h1-3,8,11,14H,4-7,9H2,(H2,13,15,16). The van der Waals surface area contributed by atoms with E-state index in [-0.39, 0.29) is 5.75 Å². The van der Waals surface area contributed by atoms with Gasteiger partial charge in [0.1, 0.15) is 0 Å². The lowest BCUT2D eigenvalue weighted by Gasteiger charge is -2.06. The van der Waals surface area contributed by atoms with Crippen LogP contribution >= 0.6 is 0 Å². The normalized spacial score (nSPS) is 16.1. The predicted octanol–water partition coefficient (Wildman–Crippen LogP) is 0.942. The van der Waals surface area contributed by atoms with Gasteiger partial charge in [-0.2, -0.15) is 0 Å². The molecule has 0 aromatic heterocycles. The molecule has 0 radical (unpaired) electrons. The first-order valence-corrected chi connectivity index (χ1v) is 7.56. The highest BCUT2D eigenvalue weighted by atomic mass is 32.2. The first-order chi connectivity index (χ1) is 8.04. The molecule has 2 rings (SSSR count). The van der Waals surface area contributed by atoms with E-state index in [0.29, 0.717) is 13.1 Å². The number of hydrogen-bond donors (Lipinski definition) is 2. The van der Waals surface area contributed by atoms with E-state index >= 15 is 0 Å². The van der Waals surface area contributed by atoms with Crippen LogP contribution in [0.1, 0.15) is 29.9 Å². The van der Waals surface area contributed by atoms with Crippen molar-refractivity contribution in [2.45, 2.75) is 25.3 Å². The number of nitrogens with two attached hydrogens (primary N) is 1. The quantitative estimate of drug-likeness (QED) is 0.742. The zero-order chi connectivity index (χ0) is 12.3. The number of benzene rings is 1. The maximum atomic E-state index is 10.7. The summed E-state index contributed by atoms with van der Waals surface area (Å²) < 4.78 is 21.5. The summed E-state index contributed by atoms with van der Waals surface area (Å²) in [6, 6.07) is 8.47. The molecular weight excluding hydrogens is 236 g/mol. The second kappa shape index (κ2) is 5.16. The van der Waals surface area contributed by atoms with Crippen molar-refractivity contribution in [1.29, 1.82) is 0 Å². The van der Waals surface area contributed by atoms with E-state index < -0.39 is 10.0 Å². The minimum atomic E-state index is -3.35. The largest absolute Gasteiger partial charge is 0.312 e. The average molecular weight is 254 g/mol. The van der Waals surface area contributed by atoms with Crippen LogP contribution in [0.4, 0.5) is 0 Å². The molecule has 0 aliphatic heterocycles. The number of hydrogen-bond acceptors (Lipinski definition) is 3. The van der Waals surface area contributed by atoms with E-state index in [0.717, 1.165) is 5.92 Å². The molecule has 4 nitrogen and oxygen atoms in total. The number of rotatable bonds is 6. The van der Waals surface area contributed by atoms with Crippen molar-refractivity contribution in [3.63, 3.8) is 0 Å². The van der Waals surface area contributed by atoms with Crippen LogP contribution in [-0.4, -0.2) is 20.7 Å². The summed E-state index contributed by atoms with van der Waals surface area (Å²) >= 11 is 0. The Hall–Kier alpha value is -0.910. The fourth-order valence-electron chi connectivity index (χ4n) is 1.82. The molecule has 1 aromatic carbocycles. The van der Waals surface area contributed by atoms with E-state index in [1.807, 2.05) is 0 Å². The average Bonchev–Trinajstić information content (AvgIpc) is 3.07. The molecule has 94 valence electrons. The Balaban J connectivity index is 1.80. The third kappa shape index (κ3) is 4.46. The van der Waals surface area contributed by atoms with Crippen LogP contribution in [-0.2, 0) is 16.6 Å². The van der Waals surface area contributed by atoms with Gasteiger partial charge in [0, 0.05) is 13.1 Å². The van der Waals surface area contributed by atoms with Crippen molar-refractivity contribution >= 4 is 10.0 Å². The van der Waals surface area contributed by atoms with Crippen molar-refractivity contribution in [1.82, 2.24) is 5.32 Å². The molecule has 5 heteroatoms. The Morgan fingerprint density at radius 1 is 1.35 bits per heavy atom. The third-order valence-corrected chi connectivity index (χ3v) is 3.67. The van der Waals surface area contributed by atoms with E-state index in [4.69, 9.17) is 5.14 Å². The van der Waals surface area contributed by atoms with Gasteiger partial charge in [-0.1, -0.05) is 24.3 Å². The Bertz CT molecular complexity index is 481. The van der Waals surface area contributed by atoms with Gasteiger partial charge in [0.25, 0.3) is 0 Å². The summed E-state index contributed by atoms with van der Waals surface area (Å²) in [5, 5.41) is 8.00. The van der Waals surface area contributed by atoms with Gasteiger partial charge in [-0.3, -0.25) is 0 Å². The smallest absolute Gasteiger partial charge is 0.210 e. The van der Waals surface area contributed by atoms with Gasteiger partial charge < -0.3 is 5.32 Å². The van der Waals surface area contributed by atoms with Crippen LogP contribution in [0.2, 0.25) is 0 Å². The first-order valence-electron chi connectivity index (χ1n) is 5.84. The second-order valence-corrected chi connectivity index (χ2v) is 6.30. The Morgan fingerprint density at radius 3 is 2.76 bits per heavy atom. The molecule has 3 N–H and O–H groups in total. The summed E-state index contributed by atoms with van der Waals surface area (Å²) in [5.74, 6) is 0.731. The summed E-state index contributed by atoms with van der Waals surface area (Å²) in [6.45, 7) is 1.09.